The van der Waals surface area contributed by atoms with Crippen LogP contribution in [-0.2, 0) is 17.9 Å². The van der Waals surface area contributed by atoms with Crippen LogP contribution in [0.15, 0.2) is 36.4 Å². The molecule has 0 radical (unpaired) electrons. The molecule has 1 fully saturated rings. The first-order valence-corrected chi connectivity index (χ1v) is 12.0. The number of aromatic nitrogens is 5. The predicted molar refractivity (Wildman–Crippen MR) is 129 cm³/mol. The lowest BCUT2D eigenvalue weighted by Gasteiger charge is -2.25. The third kappa shape index (κ3) is 6.40. The maximum atomic E-state index is 12.8. The van der Waals surface area contributed by atoms with E-state index in [0.717, 1.165) is 37.0 Å². The van der Waals surface area contributed by atoms with Crippen molar-refractivity contribution in [3.05, 3.63) is 53.3 Å². The summed E-state index contributed by atoms with van der Waals surface area (Å²) in [6.45, 7) is 5.33. The molecule has 0 saturated heterocycles. The summed E-state index contributed by atoms with van der Waals surface area (Å²) in [6.07, 6.45) is 3.44. The standard InChI is InChI=1S/C25H31N7O3/c1-3-35-21-6-4-5-18(12-21)14-27-25(34)22-13-20(11-16(2)28-22)24-29-31-32(30-24)15-17-7-9-19(10-8-17)23(26)33/h4-6,11-13,17,19H,3,7-10,14-15H2,1-2H3,(H2,26,33)(H,27,34). The van der Waals surface area contributed by atoms with Crippen LogP contribution >= 0.6 is 0 Å². The molecule has 2 amide bonds. The number of hydrogen-bond donors (Lipinski definition) is 2. The molecule has 0 atom stereocenters. The molecule has 3 N–H and O–H groups in total. The number of nitrogens with one attached hydrogen (secondary N) is 1. The highest BCUT2D eigenvalue weighted by atomic mass is 16.5. The van der Waals surface area contributed by atoms with Gasteiger partial charge in [-0.05, 0) is 80.5 Å². The van der Waals surface area contributed by atoms with Gasteiger partial charge in [0.05, 0.1) is 13.2 Å². The molecule has 10 heteroatoms. The molecule has 35 heavy (non-hydrogen) atoms. The van der Waals surface area contributed by atoms with Crippen molar-refractivity contribution in [1.29, 1.82) is 0 Å². The van der Waals surface area contributed by atoms with E-state index in [2.05, 4.69) is 25.7 Å². The number of amides is 2. The first-order valence-electron chi connectivity index (χ1n) is 12.0. The van der Waals surface area contributed by atoms with Gasteiger partial charge < -0.3 is 15.8 Å². The fourth-order valence-corrected chi connectivity index (χ4v) is 4.40. The van der Waals surface area contributed by atoms with Crippen LogP contribution in [-0.4, -0.2) is 43.6 Å². The zero-order valence-corrected chi connectivity index (χ0v) is 20.1. The number of nitrogens with zero attached hydrogens (tertiary/aromatic N) is 5. The number of primary amides is 1. The van der Waals surface area contributed by atoms with E-state index in [1.807, 2.05) is 44.2 Å². The molecule has 0 aliphatic heterocycles. The summed E-state index contributed by atoms with van der Waals surface area (Å²) in [5, 5.41) is 15.8. The Kier molecular flexibility index (Phi) is 7.69. The number of carbonyl (C=O) groups excluding carboxylic acids is 2. The highest BCUT2D eigenvalue weighted by Gasteiger charge is 2.25. The Morgan fingerprint density at radius 2 is 1.97 bits per heavy atom. The molecule has 0 unspecified atom stereocenters. The Bertz CT molecular complexity index is 1190. The zero-order chi connectivity index (χ0) is 24.8. The fraction of sp³-hybridized carbons (Fsp3) is 0.440. The number of nitrogens with two attached hydrogens (primary N) is 1. The number of rotatable bonds is 9. The third-order valence-corrected chi connectivity index (χ3v) is 6.23. The summed E-state index contributed by atoms with van der Waals surface area (Å²) in [7, 11) is 0. The number of aryl methyl sites for hydroxylation is 1. The fourth-order valence-electron chi connectivity index (χ4n) is 4.40. The van der Waals surface area contributed by atoms with Gasteiger partial charge >= 0.3 is 0 Å². The van der Waals surface area contributed by atoms with Crippen molar-refractivity contribution >= 4 is 11.8 Å². The normalized spacial score (nSPS) is 17.7. The second-order valence-corrected chi connectivity index (χ2v) is 8.93. The van der Waals surface area contributed by atoms with Crippen molar-refractivity contribution in [3.8, 4) is 17.1 Å². The Morgan fingerprint density at radius 3 is 2.71 bits per heavy atom. The van der Waals surface area contributed by atoms with Crippen LogP contribution in [0.1, 0.15) is 54.4 Å². The second-order valence-electron chi connectivity index (χ2n) is 8.93. The lowest BCUT2D eigenvalue weighted by atomic mass is 9.82. The topological polar surface area (TPSA) is 138 Å². The van der Waals surface area contributed by atoms with Crippen LogP contribution in [0.4, 0.5) is 0 Å². The summed E-state index contributed by atoms with van der Waals surface area (Å²) in [6, 6.07) is 11.1. The van der Waals surface area contributed by atoms with E-state index in [0.29, 0.717) is 48.4 Å². The van der Waals surface area contributed by atoms with E-state index in [1.165, 1.54) is 0 Å². The highest BCUT2D eigenvalue weighted by molar-refractivity contribution is 5.93. The molecule has 2 aromatic heterocycles. The van der Waals surface area contributed by atoms with E-state index in [9.17, 15) is 9.59 Å². The molecule has 1 aromatic carbocycles. The SMILES string of the molecule is CCOc1cccc(CNC(=O)c2cc(-c3nnn(CC4CCC(C(N)=O)CC4)n3)cc(C)n2)c1. The monoisotopic (exact) mass is 477 g/mol. The summed E-state index contributed by atoms with van der Waals surface area (Å²) < 4.78 is 5.52. The van der Waals surface area contributed by atoms with Gasteiger partial charge in [-0.2, -0.15) is 4.80 Å². The molecule has 0 spiro atoms. The average molecular weight is 478 g/mol. The van der Waals surface area contributed by atoms with Gasteiger partial charge in [0.15, 0.2) is 0 Å². The highest BCUT2D eigenvalue weighted by Crippen LogP contribution is 2.29. The molecular weight excluding hydrogens is 446 g/mol. The van der Waals surface area contributed by atoms with Gasteiger partial charge in [-0.1, -0.05) is 12.1 Å². The van der Waals surface area contributed by atoms with Crippen molar-refractivity contribution in [2.75, 3.05) is 6.61 Å². The van der Waals surface area contributed by atoms with Crippen LogP contribution in [0.5, 0.6) is 5.75 Å². The van der Waals surface area contributed by atoms with Crippen LogP contribution in [0.3, 0.4) is 0 Å². The molecule has 1 aliphatic carbocycles. The van der Waals surface area contributed by atoms with Crippen molar-refractivity contribution in [2.45, 2.75) is 52.6 Å². The van der Waals surface area contributed by atoms with Gasteiger partial charge in [0, 0.05) is 23.7 Å². The van der Waals surface area contributed by atoms with Crippen LogP contribution in [0, 0.1) is 18.8 Å². The Morgan fingerprint density at radius 1 is 1.17 bits per heavy atom. The Labute approximate surface area is 204 Å². The molecular formula is C25H31N7O3. The van der Waals surface area contributed by atoms with E-state index in [4.69, 9.17) is 10.5 Å². The Balaban J connectivity index is 1.39. The minimum atomic E-state index is -0.282. The number of ether oxygens (including phenoxy) is 1. The van der Waals surface area contributed by atoms with Gasteiger partial charge in [-0.3, -0.25) is 9.59 Å². The van der Waals surface area contributed by atoms with E-state index in [-0.39, 0.29) is 17.7 Å². The largest absolute Gasteiger partial charge is 0.494 e. The maximum absolute atomic E-state index is 12.8. The van der Waals surface area contributed by atoms with Gasteiger partial charge in [-0.15, -0.1) is 10.2 Å². The molecule has 4 rings (SSSR count). The van der Waals surface area contributed by atoms with Gasteiger partial charge in [-0.25, -0.2) is 4.98 Å². The first kappa shape index (κ1) is 24.3. The van der Waals surface area contributed by atoms with Crippen molar-refractivity contribution in [2.24, 2.45) is 17.6 Å². The lowest BCUT2D eigenvalue weighted by molar-refractivity contribution is -0.123. The van der Waals surface area contributed by atoms with Crippen molar-refractivity contribution in [1.82, 2.24) is 30.5 Å². The molecule has 2 heterocycles. The Hall–Kier alpha value is -3.82. The number of carbonyl (C=O) groups is 2. The lowest BCUT2D eigenvalue weighted by Crippen LogP contribution is -2.29. The van der Waals surface area contributed by atoms with Crippen LogP contribution in [0.2, 0.25) is 0 Å². The minimum Gasteiger partial charge on any atom is -0.494 e. The number of pyridine rings is 1. The summed E-state index contributed by atoms with van der Waals surface area (Å²) in [5.74, 6) is 1.08. The smallest absolute Gasteiger partial charge is 0.270 e. The molecule has 1 aliphatic rings. The summed E-state index contributed by atoms with van der Waals surface area (Å²) >= 11 is 0. The second kappa shape index (κ2) is 11.1. The zero-order valence-electron chi connectivity index (χ0n) is 20.1. The third-order valence-electron chi connectivity index (χ3n) is 6.23. The molecule has 1 saturated carbocycles. The van der Waals surface area contributed by atoms with E-state index >= 15 is 0 Å². The summed E-state index contributed by atoms with van der Waals surface area (Å²) in [4.78, 5) is 30.2. The maximum Gasteiger partial charge on any atom is 0.270 e. The molecule has 10 nitrogen and oxygen atoms in total. The van der Waals surface area contributed by atoms with Gasteiger partial charge in [0.2, 0.25) is 11.7 Å². The average Bonchev–Trinajstić information content (AvgIpc) is 3.31. The van der Waals surface area contributed by atoms with Crippen LogP contribution < -0.4 is 15.8 Å². The number of tetrazole rings is 1. The van der Waals surface area contributed by atoms with Crippen molar-refractivity contribution in [3.63, 3.8) is 0 Å². The molecule has 184 valence electrons. The van der Waals surface area contributed by atoms with Gasteiger partial charge in [0.1, 0.15) is 11.4 Å². The first-order chi connectivity index (χ1) is 16.9. The molecule has 3 aromatic rings. The van der Waals surface area contributed by atoms with Crippen LogP contribution in [0.25, 0.3) is 11.4 Å². The number of benzene rings is 1. The predicted octanol–water partition coefficient (Wildman–Crippen LogP) is 2.66. The minimum absolute atomic E-state index is 0.0245. The van der Waals surface area contributed by atoms with E-state index < -0.39 is 0 Å². The van der Waals surface area contributed by atoms with E-state index in [1.54, 1.807) is 10.9 Å². The van der Waals surface area contributed by atoms with Gasteiger partial charge in [0.25, 0.3) is 5.91 Å². The van der Waals surface area contributed by atoms with Crippen molar-refractivity contribution < 1.29 is 14.3 Å². The number of hydrogen-bond acceptors (Lipinski definition) is 7. The quantitative estimate of drug-likeness (QED) is 0.483. The molecule has 0 bridgehead atoms. The summed E-state index contributed by atoms with van der Waals surface area (Å²) in [5.41, 5.74) is 8.03.